The van der Waals surface area contributed by atoms with Crippen molar-refractivity contribution in [3.05, 3.63) is 0 Å². The quantitative estimate of drug-likeness (QED) is 0.0222. The van der Waals surface area contributed by atoms with E-state index in [4.69, 9.17) is 37.0 Å². The summed E-state index contributed by atoms with van der Waals surface area (Å²) in [5, 5.41) is 10.7. The molecule has 0 saturated carbocycles. The second-order valence-electron chi connectivity index (χ2n) is 32.4. The predicted octanol–water partition coefficient (Wildman–Crippen LogP) is 27.0. The number of rotatable bonds is 87. The van der Waals surface area contributed by atoms with Crippen molar-refractivity contribution in [1.29, 1.82) is 0 Å². The zero-order valence-electron chi connectivity index (χ0n) is 70.5. The van der Waals surface area contributed by atoms with Gasteiger partial charge in [0, 0.05) is 25.7 Å². The largest absolute Gasteiger partial charge is 0.472 e. The van der Waals surface area contributed by atoms with E-state index in [2.05, 4.69) is 41.5 Å². The van der Waals surface area contributed by atoms with Crippen LogP contribution in [0.4, 0.5) is 0 Å². The molecule has 0 saturated heterocycles. The van der Waals surface area contributed by atoms with Crippen molar-refractivity contribution < 1.29 is 80.2 Å². The van der Waals surface area contributed by atoms with Crippen molar-refractivity contribution in [2.24, 2.45) is 11.8 Å². The van der Waals surface area contributed by atoms with Crippen LogP contribution in [0, 0.1) is 11.8 Å². The number of ether oxygens (including phenoxy) is 4. The van der Waals surface area contributed by atoms with Gasteiger partial charge in [0.05, 0.1) is 26.4 Å². The fraction of sp³-hybridized carbons (Fsp3) is 0.955. The van der Waals surface area contributed by atoms with Crippen LogP contribution >= 0.6 is 15.6 Å². The fourth-order valence-electron chi connectivity index (χ4n) is 13.7. The van der Waals surface area contributed by atoms with Crippen molar-refractivity contribution in [3.8, 4) is 0 Å². The van der Waals surface area contributed by atoms with E-state index in [0.29, 0.717) is 25.7 Å². The molecule has 0 aliphatic heterocycles. The first-order valence-corrected chi connectivity index (χ1v) is 48.5. The van der Waals surface area contributed by atoms with Crippen molar-refractivity contribution in [2.75, 3.05) is 39.6 Å². The first-order chi connectivity index (χ1) is 51.9. The van der Waals surface area contributed by atoms with Gasteiger partial charge in [0.2, 0.25) is 0 Å². The van der Waals surface area contributed by atoms with Gasteiger partial charge < -0.3 is 33.8 Å². The number of carbonyl (C=O) groups excluding carboxylic acids is 4. The molecule has 0 aromatic carbocycles. The van der Waals surface area contributed by atoms with Gasteiger partial charge in [0.1, 0.15) is 19.3 Å². The molecular formula is C88H172O17P2. The molecular weight excluding hydrogens is 1390 g/mol. The predicted molar refractivity (Wildman–Crippen MR) is 442 cm³/mol. The Hall–Kier alpha value is -1.94. The van der Waals surface area contributed by atoms with Crippen LogP contribution < -0.4 is 0 Å². The molecule has 0 fully saturated rings. The smallest absolute Gasteiger partial charge is 0.462 e. The topological polar surface area (TPSA) is 237 Å². The Balaban J connectivity index is 5.23. The average molecular weight is 1560 g/mol. The van der Waals surface area contributed by atoms with E-state index >= 15 is 0 Å². The summed E-state index contributed by atoms with van der Waals surface area (Å²) in [5.41, 5.74) is 0. The average Bonchev–Trinajstić information content (AvgIpc) is 0.901. The molecule has 0 radical (unpaired) electrons. The molecule has 0 bridgehead atoms. The van der Waals surface area contributed by atoms with Crippen LogP contribution in [0.3, 0.4) is 0 Å². The first kappa shape index (κ1) is 105. The van der Waals surface area contributed by atoms with Crippen LogP contribution in [0.1, 0.15) is 472 Å². The van der Waals surface area contributed by atoms with Crippen molar-refractivity contribution in [1.82, 2.24) is 0 Å². The van der Waals surface area contributed by atoms with Crippen molar-refractivity contribution in [3.63, 3.8) is 0 Å². The molecule has 6 atom stereocenters. The van der Waals surface area contributed by atoms with Crippen LogP contribution in [0.2, 0.25) is 0 Å². The lowest BCUT2D eigenvalue weighted by atomic mass is 9.99. The third kappa shape index (κ3) is 80.5. The lowest BCUT2D eigenvalue weighted by Gasteiger charge is -2.21. The zero-order valence-corrected chi connectivity index (χ0v) is 72.2. The number of hydrogen-bond acceptors (Lipinski definition) is 15. The summed E-state index contributed by atoms with van der Waals surface area (Å²) in [6, 6.07) is 0. The molecule has 0 aromatic rings. The number of unbranched alkanes of at least 4 members (excludes halogenated alkanes) is 56. The molecule has 3 unspecified atom stereocenters. The molecule has 17 nitrogen and oxygen atoms in total. The van der Waals surface area contributed by atoms with Crippen LogP contribution in [-0.2, 0) is 65.4 Å². The summed E-state index contributed by atoms with van der Waals surface area (Å²) < 4.78 is 69.0. The number of phosphoric ester groups is 2. The standard InChI is InChI=1S/C88H172O17P2/c1-7-10-12-14-16-18-20-21-22-25-29-36-42-48-54-60-66-72-87(92)104-83(76-98-85(90)70-64-58-52-46-38-19-17-15-13-11-8-2)78-102-106(94,95)100-74-82(89)75-101-107(96,97)103-79-84(77-99-86(91)71-65-59-53-47-41-35-32-31-33-39-44-50-56-62-68-80(4)5)105-88(93)73-67-61-55-49-43-37-30-27-24-23-26-28-34-40-45-51-57-63-69-81(6)9-3/h80-84,89H,7-79H2,1-6H3,(H,94,95)(H,96,97)/t81?,82-,83+,84+/m0/s1. The maximum atomic E-state index is 13.2. The molecule has 3 N–H and O–H groups in total. The minimum absolute atomic E-state index is 0.109. The molecule has 0 amide bonds. The number of hydrogen-bond donors (Lipinski definition) is 3. The summed E-state index contributed by atoms with van der Waals surface area (Å²) in [7, 11) is -9.93. The van der Waals surface area contributed by atoms with Crippen LogP contribution in [0.15, 0.2) is 0 Å². The van der Waals surface area contributed by atoms with Crippen molar-refractivity contribution in [2.45, 2.75) is 490 Å². The Bertz CT molecular complexity index is 2050. The van der Waals surface area contributed by atoms with Gasteiger partial charge in [-0.15, -0.1) is 0 Å². The van der Waals surface area contributed by atoms with E-state index in [-0.39, 0.29) is 25.7 Å². The monoisotopic (exact) mass is 1560 g/mol. The van der Waals surface area contributed by atoms with E-state index in [1.807, 2.05) is 0 Å². The number of aliphatic hydroxyl groups is 1. The maximum absolute atomic E-state index is 13.2. The summed E-state index contributed by atoms with van der Waals surface area (Å²) in [6.45, 7) is 9.78. The van der Waals surface area contributed by atoms with Crippen molar-refractivity contribution >= 4 is 39.5 Å². The Morgan fingerprint density at radius 3 is 0.710 bits per heavy atom. The van der Waals surface area contributed by atoms with Gasteiger partial charge in [-0.2, -0.15) is 0 Å². The Morgan fingerprint density at radius 1 is 0.271 bits per heavy atom. The molecule has 107 heavy (non-hydrogen) atoms. The Labute approximate surface area is 658 Å². The highest BCUT2D eigenvalue weighted by Gasteiger charge is 2.31. The molecule has 0 rings (SSSR count). The molecule has 0 heterocycles. The highest BCUT2D eigenvalue weighted by atomic mass is 31.2. The third-order valence-corrected chi connectivity index (χ3v) is 23.0. The number of carbonyl (C=O) groups is 4. The number of esters is 4. The van der Waals surface area contributed by atoms with Gasteiger partial charge >= 0.3 is 39.5 Å². The molecule has 0 aromatic heterocycles. The van der Waals surface area contributed by atoms with Gasteiger partial charge in [-0.1, -0.05) is 420 Å². The highest BCUT2D eigenvalue weighted by molar-refractivity contribution is 7.47. The maximum Gasteiger partial charge on any atom is 0.472 e. The fourth-order valence-corrected chi connectivity index (χ4v) is 15.3. The minimum atomic E-state index is -4.97. The summed E-state index contributed by atoms with van der Waals surface area (Å²) in [5.74, 6) is -0.428. The molecule has 0 aliphatic carbocycles. The first-order valence-electron chi connectivity index (χ1n) is 45.5. The molecule has 0 aliphatic rings. The van der Waals surface area contributed by atoms with E-state index in [9.17, 15) is 43.2 Å². The lowest BCUT2D eigenvalue weighted by molar-refractivity contribution is -0.161. The van der Waals surface area contributed by atoms with Crippen LogP contribution in [0.5, 0.6) is 0 Å². The Morgan fingerprint density at radius 2 is 0.477 bits per heavy atom. The second-order valence-corrected chi connectivity index (χ2v) is 35.3. The number of aliphatic hydroxyl groups excluding tert-OH is 1. The van der Waals surface area contributed by atoms with Gasteiger partial charge in [-0.3, -0.25) is 37.3 Å². The summed E-state index contributed by atoms with van der Waals surface area (Å²) in [6.07, 6.45) is 72.1. The minimum Gasteiger partial charge on any atom is -0.462 e. The van der Waals surface area contributed by atoms with Crippen LogP contribution in [-0.4, -0.2) is 96.7 Å². The summed E-state index contributed by atoms with van der Waals surface area (Å²) >= 11 is 0. The Kier molecular flexibility index (Phi) is 77.9. The van der Waals surface area contributed by atoms with Gasteiger partial charge in [0.25, 0.3) is 0 Å². The zero-order chi connectivity index (χ0) is 78.5. The van der Waals surface area contributed by atoms with E-state index in [1.165, 1.54) is 289 Å². The molecule has 0 spiro atoms. The van der Waals surface area contributed by atoms with Gasteiger partial charge in [-0.05, 0) is 37.5 Å². The lowest BCUT2D eigenvalue weighted by Crippen LogP contribution is -2.30. The van der Waals surface area contributed by atoms with Crippen LogP contribution in [0.25, 0.3) is 0 Å². The van der Waals surface area contributed by atoms with Gasteiger partial charge in [0.15, 0.2) is 12.2 Å². The number of phosphoric acid groups is 2. The SMILES string of the molecule is CCCCCCCCCCCCCCCCCCCC(=O)O[C@H](COC(=O)CCCCCCCCCCCCC)COP(=O)(O)OC[C@H](O)COP(=O)(O)OC[C@@H](COC(=O)CCCCCCCCCCCCCCCCC(C)C)OC(=O)CCCCCCCCCCCCCCCCCCCCC(C)CC. The molecule has 636 valence electrons. The second kappa shape index (κ2) is 79.3. The third-order valence-electron chi connectivity index (χ3n) is 21.1. The van der Waals surface area contributed by atoms with E-state index < -0.39 is 97.5 Å². The van der Waals surface area contributed by atoms with E-state index in [0.717, 1.165) is 102 Å². The molecule has 19 heteroatoms. The highest BCUT2D eigenvalue weighted by Crippen LogP contribution is 2.45. The van der Waals surface area contributed by atoms with E-state index in [1.54, 1.807) is 0 Å². The normalized spacial score (nSPS) is 14.0. The van der Waals surface area contributed by atoms with Gasteiger partial charge in [-0.25, -0.2) is 9.13 Å². The summed E-state index contributed by atoms with van der Waals surface area (Å²) in [4.78, 5) is 73.3.